The van der Waals surface area contributed by atoms with Crippen LogP contribution in [0.5, 0.6) is 0 Å². The highest BCUT2D eigenvalue weighted by Crippen LogP contribution is 2.44. The number of benzene rings is 1. The Morgan fingerprint density at radius 2 is 2.15 bits per heavy atom. The van der Waals surface area contributed by atoms with Gasteiger partial charge in [0.15, 0.2) is 16.2 Å². The molecule has 0 saturated heterocycles. The molecule has 0 radical (unpaired) electrons. The molecule has 0 saturated carbocycles. The third-order valence-corrected chi connectivity index (χ3v) is 8.11. The van der Waals surface area contributed by atoms with Gasteiger partial charge in [0.05, 0.1) is 23.1 Å². The number of esters is 1. The molecular formula is C24H28N2O6S2. The maximum absolute atomic E-state index is 13.0. The van der Waals surface area contributed by atoms with E-state index >= 15 is 0 Å². The molecule has 0 fully saturated rings. The van der Waals surface area contributed by atoms with Crippen LogP contribution >= 0.6 is 23.1 Å². The lowest BCUT2D eigenvalue weighted by Crippen LogP contribution is -2.56. The van der Waals surface area contributed by atoms with Crippen LogP contribution in [-0.2, 0) is 23.9 Å². The van der Waals surface area contributed by atoms with E-state index in [4.69, 9.17) is 14.3 Å². The number of ether oxygens (including phenoxy) is 2. The number of hydrogen-bond donors (Lipinski definition) is 1. The average molecular weight is 505 g/mol. The summed E-state index contributed by atoms with van der Waals surface area (Å²) < 4.78 is 13.6. The van der Waals surface area contributed by atoms with E-state index in [-0.39, 0.29) is 22.8 Å². The first kappa shape index (κ1) is 24.7. The van der Waals surface area contributed by atoms with Gasteiger partial charge in [-0.1, -0.05) is 50.2 Å². The number of unbranched alkanes of at least 4 members (excludes halogenated alkanes) is 2. The number of aliphatic hydroxyl groups is 1. The van der Waals surface area contributed by atoms with Crippen molar-refractivity contribution >= 4 is 45.2 Å². The number of carbonyl (C=O) groups is 2. The van der Waals surface area contributed by atoms with Gasteiger partial charge in [0.25, 0.3) is 5.91 Å². The van der Waals surface area contributed by atoms with Gasteiger partial charge in [-0.05, 0) is 31.9 Å². The van der Waals surface area contributed by atoms with E-state index in [9.17, 15) is 14.7 Å². The molecule has 1 aromatic carbocycles. The molecule has 3 atom stereocenters. The van der Waals surface area contributed by atoms with Crippen molar-refractivity contribution in [2.75, 3.05) is 12.9 Å². The summed E-state index contributed by atoms with van der Waals surface area (Å²) in [5.41, 5.74) is -0.469. The van der Waals surface area contributed by atoms with E-state index < -0.39 is 29.7 Å². The van der Waals surface area contributed by atoms with Crippen LogP contribution in [0.2, 0.25) is 0 Å². The Morgan fingerprint density at radius 3 is 2.85 bits per heavy atom. The van der Waals surface area contributed by atoms with Gasteiger partial charge in [-0.3, -0.25) is 14.4 Å². The molecule has 2 aromatic rings. The number of thiazole rings is 1. The third-order valence-electron chi connectivity index (χ3n) is 5.96. The molecule has 0 unspecified atom stereocenters. The van der Waals surface area contributed by atoms with Crippen molar-refractivity contribution in [3.05, 3.63) is 47.9 Å². The standard InChI is InChI=1S/C24H28N2O6S2/c1-5-6-7-12-17-24(3,29)21(19-20(31-17)14(2)26(30-4)22(19)28)32-18(27)13-33-23-25-15-10-8-9-11-16(15)34-23/h8-11,17,21,29H,2,5-7,12-13H2,1,3-4H3/t17-,21-,24-/m0/s1. The van der Waals surface area contributed by atoms with Crippen molar-refractivity contribution in [1.82, 2.24) is 10.0 Å². The minimum atomic E-state index is -1.61. The summed E-state index contributed by atoms with van der Waals surface area (Å²) in [6.45, 7) is 7.52. The van der Waals surface area contributed by atoms with Crippen LogP contribution in [0.25, 0.3) is 10.2 Å². The van der Waals surface area contributed by atoms with Crippen molar-refractivity contribution in [2.24, 2.45) is 0 Å². The molecule has 34 heavy (non-hydrogen) atoms. The molecule has 0 spiro atoms. The van der Waals surface area contributed by atoms with Gasteiger partial charge in [0.2, 0.25) is 0 Å². The fraction of sp³-hybridized carbons (Fsp3) is 0.458. The minimum Gasteiger partial charge on any atom is -0.484 e. The zero-order valence-corrected chi connectivity index (χ0v) is 21.0. The maximum Gasteiger partial charge on any atom is 0.317 e. The van der Waals surface area contributed by atoms with Crippen LogP contribution in [0.15, 0.2) is 52.2 Å². The van der Waals surface area contributed by atoms with Crippen LogP contribution < -0.4 is 0 Å². The summed E-state index contributed by atoms with van der Waals surface area (Å²) in [7, 11) is 1.34. The highest BCUT2D eigenvalue weighted by molar-refractivity contribution is 8.01. The Balaban J connectivity index is 1.54. The van der Waals surface area contributed by atoms with Gasteiger partial charge in [-0.15, -0.1) is 11.3 Å². The number of aromatic nitrogens is 1. The zero-order valence-electron chi connectivity index (χ0n) is 19.4. The van der Waals surface area contributed by atoms with Gasteiger partial charge >= 0.3 is 5.97 Å². The normalized spacial score (nSPS) is 24.5. The molecule has 2 aliphatic heterocycles. The molecule has 3 heterocycles. The highest BCUT2D eigenvalue weighted by Gasteiger charge is 2.56. The van der Waals surface area contributed by atoms with Gasteiger partial charge in [0, 0.05) is 0 Å². The number of hydroxylamine groups is 2. The Bertz CT molecular complexity index is 1110. The van der Waals surface area contributed by atoms with Gasteiger partial charge in [0.1, 0.15) is 23.0 Å². The summed E-state index contributed by atoms with van der Waals surface area (Å²) in [6, 6.07) is 7.74. The average Bonchev–Trinajstić information content (AvgIpc) is 3.33. The molecule has 4 rings (SSSR count). The first-order chi connectivity index (χ1) is 16.3. The van der Waals surface area contributed by atoms with E-state index in [1.54, 1.807) is 0 Å². The van der Waals surface area contributed by atoms with E-state index in [1.807, 2.05) is 24.3 Å². The molecule has 1 N–H and O–H groups in total. The lowest BCUT2D eigenvalue weighted by molar-refractivity contribution is -0.181. The van der Waals surface area contributed by atoms with Gasteiger partial charge in [-0.2, -0.15) is 5.06 Å². The van der Waals surface area contributed by atoms with Crippen LogP contribution in [0.3, 0.4) is 0 Å². The molecule has 182 valence electrons. The highest BCUT2D eigenvalue weighted by atomic mass is 32.2. The number of amides is 1. The van der Waals surface area contributed by atoms with Crippen molar-refractivity contribution in [1.29, 1.82) is 0 Å². The Labute approximate surface area is 206 Å². The number of fused-ring (bicyclic) bond motifs is 1. The fourth-order valence-corrected chi connectivity index (χ4v) is 6.01. The first-order valence-corrected chi connectivity index (χ1v) is 13.0. The molecule has 0 bridgehead atoms. The quantitative estimate of drug-likeness (QED) is 0.308. The van der Waals surface area contributed by atoms with Crippen LogP contribution in [0, 0.1) is 0 Å². The zero-order chi connectivity index (χ0) is 24.5. The smallest absolute Gasteiger partial charge is 0.317 e. The fourth-order valence-electron chi connectivity index (χ4n) is 4.16. The summed E-state index contributed by atoms with van der Waals surface area (Å²) in [6.07, 6.45) is 1.45. The summed E-state index contributed by atoms with van der Waals surface area (Å²) >= 11 is 2.75. The lowest BCUT2D eigenvalue weighted by atomic mass is 9.82. The monoisotopic (exact) mass is 504 g/mol. The number of rotatable bonds is 9. The Hall–Kier alpha value is -2.40. The second kappa shape index (κ2) is 10.1. The largest absolute Gasteiger partial charge is 0.484 e. The molecule has 8 nitrogen and oxygen atoms in total. The first-order valence-electron chi connectivity index (χ1n) is 11.2. The van der Waals surface area contributed by atoms with E-state index in [0.717, 1.165) is 38.9 Å². The predicted molar refractivity (Wildman–Crippen MR) is 130 cm³/mol. The topological polar surface area (TPSA) is 98.2 Å². The molecule has 0 aliphatic carbocycles. The number of nitrogens with zero attached hydrogens (tertiary/aromatic N) is 2. The Kier molecular flexibility index (Phi) is 7.32. The van der Waals surface area contributed by atoms with Crippen molar-refractivity contribution in [3.8, 4) is 0 Å². The number of para-hydroxylation sites is 1. The molecule has 1 amide bonds. The van der Waals surface area contributed by atoms with Crippen LogP contribution in [-0.4, -0.2) is 57.7 Å². The third kappa shape index (κ3) is 4.59. The number of carbonyl (C=O) groups excluding carboxylic acids is 2. The van der Waals surface area contributed by atoms with Crippen molar-refractivity contribution in [3.63, 3.8) is 0 Å². The second-order valence-electron chi connectivity index (χ2n) is 8.41. The van der Waals surface area contributed by atoms with Gasteiger partial charge < -0.3 is 14.6 Å². The predicted octanol–water partition coefficient (Wildman–Crippen LogP) is 4.20. The lowest BCUT2D eigenvalue weighted by Gasteiger charge is -2.42. The number of thioether (sulfide) groups is 1. The Morgan fingerprint density at radius 1 is 1.38 bits per heavy atom. The molecule has 10 heteroatoms. The SMILES string of the molecule is C=C1C2=C(C(=O)N1OC)[C@H](OC(=O)CSc1nc3ccccc3s1)[C@@](C)(O)[C@H](CCCCC)O2. The van der Waals surface area contributed by atoms with E-state index in [2.05, 4.69) is 18.5 Å². The molecule has 1 aromatic heterocycles. The van der Waals surface area contributed by atoms with Crippen molar-refractivity contribution < 1.29 is 29.0 Å². The van der Waals surface area contributed by atoms with Gasteiger partial charge in [-0.25, -0.2) is 4.98 Å². The van der Waals surface area contributed by atoms with E-state index in [1.165, 1.54) is 37.1 Å². The van der Waals surface area contributed by atoms with Crippen molar-refractivity contribution in [2.45, 2.75) is 61.7 Å². The summed E-state index contributed by atoms with van der Waals surface area (Å²) in [4.78, 5) is 35.5. The summed E-state index contributed by atoms with van der Waals surface area (Å²) in [5.74, 6) is -0.938. The number of hydrogen-bond acceptors (Lipinski definition) is 9. The van der Waals surface area contributed by atoms with Crippen LogP contribution in [0.1, 0.15) is 39.5 Å². The van der Waals surface area contributed by atoms with E-state index in [0.29, 0.717) is 6.42 Å². The van der Waals surface area contributed by atoms with Crippen LogP contribution in [0.4, 0.5) is 0 Å². The maximum atomic E-state index is 13.0. The molecule has 2 aliphatic rings. The second-order valence-corrected chi connectivity index (χ2v) is 10.7. The summed E-state index contributed by atoms with van der Waals surface area (Å²) in [5, 5.41) is 12.4. The minimum absolute atomic E-state index is 0.0144. The molecular weight excluding hydrogens is 476 g/mol.